The molecule has 40 valence electrons. The van der Waals surface area contributed by atoms with Gasteiger partial charge in [0.25, 0.3) is 0 Å². The average Bonchev–Trinajstić information content (AvgIpc) is 1.91. The molecule has 1 aliphatic rings. The van der Waals surface area contributed by atoms with Crippen molar-refractivity contribution in [1.29, 1.82) is 0 Å². The van der Waals surface area contributed by atoms with Crippen molar-refractivity contribution in [2.24, 2.45) is 0 Å². The van der Waals surface area contributed by atoms with Gasteiger partial charge >= 0.3 is 0 Å². The molecule has 2 unspecified atom stereocenters. The number of allylic oxidation sites excluding steroid dienone is 1. The van der Waals surface area contributed by atoms with Gasteiger partial charge in [-0.25, -0.2) is 4.21 Å². The molecular formula is C3H3ClOS2. The van der Waals surface area contributed by atoms with Crippen molar-refractivity contribution in [1.82, 2.24) is 0 Å². The zero-order chi connectivity index (χ0) is 5.28. The Hall–Kier alpha value is 0.400. The van der Waals surface area contributed by atoms with E-state index in [4.69, 9.17) is 10.7 Å². The van der Waals surface area contributed by atoms with Gasteiger partial charge in [0.2, 0.25) is 0 Å². The fourth-order valence-corrected chi connectivity index (χ4v) is 2.58. The van der Waals surface area contributed by atoms with Gasteiger partial charge in [0.1, 0.15) is 9.83 Å². The van der Waals surface area contributed by atoms with Crippen LogP contribution in [0.3, 0.4) is 0 Å². The van der Waals surface area contributed by atoms with E-state index >= 15 is 0 Å². The Labute approximate surface area is 50.6 Å². The summed E-state index contributed by atoms with van der Waals surface area (Å²) in [5.41, 5.74) is 0. The summed E-state index contributed by atoms with van der Waals surface area (Å²) in [7, 11) is 4.05. The summed E-state index contributed by atoms with van der Waals surface area (Å²) in [5.74, 6) is 0. The number of halogens is 1. The summed E-state index contributed by atoms with van der Waals surface area (Å²) in [6.45, 7) is 0. The van der Waals surface area contributed by atoms with Crippen LogP contribution in [0.15, 0.2) is 11.5 Å². The van der Waals surface area contributed by atoms with Crippen LogP contribution in [-0.4, -0.2) is 9.58 Å². The van der Waals surface area contributed by atoms with Gasteiger partial charge in [0.15, 0.2) is 0 Å². The van der Waals surface area contributed by atoms with Crippen LogP contribution in [0.1, 0.15) is 0 Å². The first kappa shape index (κ1) is 5.54. The molecule has 2 atom stereocenters. The molecule has 0 saturated heterocycles. The van der Waals surface area contributed by atoms with Crippen molar-refractivity contribution >= 4 is 34.6 Å². The molecule has 4 heteroatoms. The summed E-state index contributed by atoms with van der Waals surface area (Å²) in [6.07, 6.45) is 1.73. The molecule has 0 amide bonds. The van der Waals surface area contributed by atoms with Gasteiger partial charge in [0.05, 0.1) is 0 Å². The topological polar surface area (TPSA) is 17.1 Å². The third-order valence-electron chi connectivity index (χ3n) is 0.532. The Bertz CT molecular complexity index is 160. The first-order chi connectivity index (χ1) is 3.30. The SMILES string of the molecule is O=S1C=CC=S1Cl. The van der Waals surface area contributed by atoms with Gasteiger partial charge in [-0.2, -0.15) is 0 Å². The van der Waals surface area contributed by atoms with Crippen molar-refractivity contribution in [2.75, 3.05) is 0 Å². The summed E-state index contributed by atoms with van der Waals surface area (Å²) >= 11 is 0. The highest BCUT2D eigenvalue weighted by Crippen LogP contribution is 2.27. The second-order valence-electron chi connectivity index (χ2n) is 0.973. The Balaban J connectivity index is 2.89. The average molecular weight is 155 g/mol. The number of rotatable bonds is 0. The Morgan fingerprint density at radius 1 is 1.57 bits per heavy atom. The molecule has 0 fully saturated rings. The maximum atomic E-state index is 10.4. The van der Waals surface area contributed by atoms with Crippen molar-refractivity contribution in [3.05, 3.63) is 11.5 Å². The second-order valence-corrected chi connectivity index (χ2v) is 6.14. The van der Waals surface area contributed by atoms with Crippen LogP contribution in [0.5, 0.6) is 0 Å². The molecule has 0 spiro atoms. The van der Waals surface area contributed by atoms with E-state index in [0.717, 1.165) is 0 Å². The minimum atomic E-state index is -0.910. The maximum Gasteiger partial charge on any atom is 0.114 e. The first-order valence-corrected chi connectivity index (χ1v) is 5.47. The first-order valence-electron chi connectivity index (χ1n) is 1.63. The lowest BCUT2D eigenvalue weighted by atomic mass is 10.8. The molecular weight excluding hydrogens is 152 g/mol. The van der Waals surface area contributed by atoms with Crippen molar-refractivity contribution < 1.29 is 4.21 Å². The Kier molecular flexibility index (Phi) is 1.67. The lowest BCUT2D eigenvalue weighted by Gasteiger charge is -1.80. The van der Waals surface area contributed by atoms with Crippen LogP contribution in [0, 0.1) is 0 Å². The number of hydrogen-bond acceptors (Lipinski definition) is 1. The Morgan fingerprint density at radius 3 is 2.43 bits per heavy atom. The van der Waals surface area contributed by atoms with E-state index in [-0.39, 0.29) is 0 Å². The van der Waals surface area contributed by atoms with Gasteiger partial charge in [-0.1, -0.05) is 0 Å². The van der Waals surface area contributed by atoms with E-state index in [1.807, 2.05) is 0 Å². The van der Waals surface area contributed by atoms with E-state index in [9.17, 15) is 4.21 Å². The molecule has 0 bridgehead atoms. The van der Waals surface area contributed by atoms with Crippen molar-refractivity contribution in [2.45, 2.75) is 0 Å². The molecule has 1 rings (SSSR count). The molecule has 0 aliphatic carbocycles. The number of hydrogen-bond donors (Lipinski definition) is 0. The molecule has 0 saturated carbocycles. The summed E-state index contributed by atoms with van der Waals surface area (Å²) in [5, 5.41) is 3.33. The van der Waals surface area contributed by atoms with Gasteiger partial charge in [-0.3, -0.25) is 0 Å². The highest BCUT2D eigenvalue weighted by molar-refractivity contribution is 8.87. The zero-order valence-electron chi connectivity index (χ0n) is 3.33. The van der Waals surface area contributed by atoms with Crippen molar-refractivity contribution in [3.63, 3.8) is 0 Å². The van der Waals surface area contributed by atoms with Crippen LogP contribution in [0.25, 0.3) is 0 Å². The molecule has 1 heterocycles. The molecule has 7 heavy (non-hydrogen) atoms. The highest BCUT2D eigenvalue weighted by Gasteiger charge is 1.99. The minimum Gasteiger partial charge on any atom is -0.243 e. The van der Waals surface area contributed by atoms with Gasteiger partial charge in [-0.15, -0.1) is 0 Å². The predicted molar refractivity (Wildman–Crippen MR) is 36.8 cm³/mol. The second kappa shape index (κ2) is 2.11. The fraction of sp³-hybridized carbons (Fsp3) is 0. The minimum absolute atomic E-state index is 0.509. The van der Waals surface area contributed by atoms with E-state index < -0.39 is 18.6 Å². The smallest absolute Gasteiger partial charge is 0.114 e. The fourth-order valence-electron chi connectivity index (χ4n) is 0.266. The summed E-state index contributed by atoms with van der Waals surface area (Å²) in [4.78, 5) is 0. The largest absolute Gasteiger partial charge is 0.243 e. The standard InChI is InChI=1S/C3H3ClOS2/c4-6-2-1-3-7(6)5/h1-3H. The van der Waals surface area contributed by atoms with Crippen LogP contribution in [0.4, 0.5) is 0 Å². The van der Waals surface area contributed by atoms with Gasteiger partial charge in [-0.05, 0) is 30.9 Å². The van der Waals surface area contributed by atoms with E-state index in [0.29, 0.717) is 0 Å². The third kappa shape index (κ3) is 1.15. The van der Waals surface area contributed by atoms with E-state index in [1.54, 1.807) is 16.9 Å². The summed E-state index contributed by atoms with van der Waals surface area (Å²) < 4.78 is 10.4. The Morgan fingerprint density at radius 2 is 2.29 bits per heavy atom. The highest BCUT2D eigenvalue weighted by atomic mass is 35.7. The molecule has 0 aromatic heterocycles. The van der Waals surface area contributed by atoms with E-state index in [2.05, 4.69) is 0 Å². The molecule has 0 N–H and O–H groups in total. The quantitative estimate of drug-likeness (QED) is 0.381. The van der Waals surface area contributed by atoms with Crippen LogP contribution >= 0.6 is 19.4 Å². The normalized spacial score (nSPS) is 38.4. The lowest BCUT2D eigenvalue weighted by Crippen LogP contribution is -1.63. The lowest BCUT2D eigenvalue weighted by molar-refractivity contribution is 0.696. The van der Waals surface area contributed by atoms with E-state index in [1.165, 1.54) is 0 Å². The molecule has 1 nitrogen and oxygen atoms in total. The van der Waals surface area contributed by atoms with Crippen LogP contribution < -0.4 is 0 Å². The molecule has 1 aliphatic heterocycles. The van der Waals surface area contributed by atoms with Crippen LogP contribution in [0.2, 0.25) is 0 Å². The molecule has 0 aromatic carbocycles. The zero-order valence-corrected chi connectivity index (χ0v) is 5.72. The van der Waals surface area contributed by atoms with Crippen LogP contribution in [-0.2, 0) is 9.83 Å². The molecule has 0 radical (unpaired) electrons. The van der Waals surface area contributed by atoms with Gasteiger partial charge in [0, 0.05) is 5.41 Å². The monoisotopic (exact) mass is 154 g/mol. The maximum absolute atomic E-state index is 10.4. The van der Waals surface area contributed by atoms with Gasteiger partial charge < -0.3 is 0 Å². The van der Waals surface area contributed by atoms with Crippen molar-refractivity contribution in [3.8, 4) is 0 Å². The third-order valence-corrected chi connectivity index (χ3v) is 4.63. The summed E-state index contributed by atoms with van der Waals surface area (Å²) in [6, 6.07) is 0. The molecule has 0 aromatic rings. The predicted octanol–water partition coefficient (Wildman–Crippen LogP) is 1.40.